The molecule has 0 heterocycles. The number of aryl methyl sites for hydroxylation is 1. The van der Waals surface area contributed by atoms with Crippen molar-refractivity contribution in [3.05, 3.63) is 59.2 Å². The fourth-order valence-corrected chi connectivity index (χ4v) is 3.99. The van der Waals surface area contributed by atoms with Crippen LogP contribution in [-0.2, 0) is 9.59 Å². The summed E-state index contributed by atoms with van der Waals surface area (Å²) < 4.78 is 11.4. The van der Waals surface area contributed by atoms with E-state index < -0.39 is 5.97 Å². The fourth-order valence-electron chi connectivity index (χ4n) is 3.99. The summed E-state index contributed by atoms with van der Waals surface area (Å²) in [7, 11) is 0. The lowest BCUT2D eigenvalue weighted by atomic mass is 9.90. The molecule has 0 aromatic heterocycles. The van der Waals surface area contributed by atoms with Gasteiger partial charge in [0.15, 0.2) is 0 Å². The zero-order valence-electron chi connectivity index (χ0n) is 15.1. The van der Waals surface area contributed by atoms with Crippen molar-refractivity contribution >= 4 is 22.7 Å². The van der Waals surface area contributed by atoms with Crippen LogP contribution in [0.25, 0.3) is 10.8 Å². The van der Waals surface area contributed by atoms with Gasteiger partial charge >= 0.3 is 11.9 Å². The number of carbonyl (C=O) groups is 2. The molecule has 2 atom stereocenters. The van der Waals surface area contributed by atoms with Gasteiger partial charge in [0.05, 0.1) is 0 Å². The minimum Gasteiger partial charge on any atom is -0.426 e. The molecule has 0 amide bonds. The Bertz CT molecular complexity index is 1010. The molecule has 0 fully saturated rings. The van der Waals surface area contributed by atoms with Gasteiger partial charge in [0.2, 0.25) is 0 Å². The summed E-state index contributed by atoms with van der Waals surface area (Å²) in [6, 6.07) is 5.86. The van der Waals surface area contributed by atoms with Gasteiger partial charge in [0.25, 0.3) is 0 Å². The lowest BCUT2D eigenvalue weighted by Gasteiger charge is -2.22. The molecule has 0 spiro atoms. The zero-order valence-corrected chi connectivity index (χ0v) is 15.1. The van der Waals surface area contributed by atoms with Crippen LogP contribution < -0.4 is 9.47 Å². The van der Waals surface area contributed by atoms with Gasteiger partial charge in [-0.2, -0.15) is 0 Å². The summed E-state index contributed by atoms with van der Waals surface area (Å²) in [4.78, 5) is 24.0. The molecule has 0 saturated heterocycles. The third-order valence-corrected chi connectivity index (χ3v) is 5.06. The first-order chi connectivity index (χ1) is 12.4. The quantitative estimate of drug-likeness (QED) is 0.349. The summed E-state index contributed by atoms with van der Waals surface area (Å²) >= 11 is 0. The number of rotatable bonds is 3. The van der Waals surface area contributed by atoms with Crippen molar-refractivity contribution in [2.24, 2.45) is 0 Å². The van der Waals surface area contributed by atoms with E-state index in [4.69, 9.17) is 9.47 Å². The molecule has 2 bridgehead atoms. The number of hydrogen-bond acceptors (Lipinski definition) is 4. The first-order valence-electron chi connectivity index (χ1n) is 8.71. The monoisotopic (exact) mass is 348 g/mol. The molecule has 0 saturated carbocycles. The van der Waals surface area contributed by atoms with E-state index in [0.29, 0.717) is 17.1 Å². The van der Waals surface area contributed by atoms with E-state index in [1.807, 2.05) is 25.1 Å². The molecule has 132 valence electrons. The summed E-state index contributed by atoms with van der Waals surface area (Å²) in [5.74, 6) is 0.711. The number of allylic oxidation sites excluding steroid dienone is 2. The summed E-state index contributed by atoms with van der Waals surface area (Å²) in [5, 5.41) is 1.57. The number of hydrogen-bond donors (Lipinski definition) is 0. The maximum absolute atomic E-state index is 12.3. The van der Waals surface area contributed by atoms with Crippen molar-refractivity contribution in [3.63, 3.8) is 0 Å². The van der Waals surface area contributed by atoms with Gasteiger partial charge in [-0.25, -0.2) is 4.79 Å². The van der Waals surface area contributed by atoms with Crippen molar-refractivity contribution in [1.82, 2.24) is 0 Å². The molecule has 2 aliphatic carbocycles. The molecule has 2 unspecified atom stereocenters. The van der Waals surface area contributed by atoms with Crippen LogP contribution in [0.5, 0.6) is 11.5 Å². The van der Waals surface area contributed by atoms with E-state index in [2.05, 4.69) is 18.7 Å². The van der Waals surface area contributed by atoms with E-state index in [1.165, 1.54) is 6.92 Å². The normalized spacial score (nSPS) is 19.5. The minimum atomic E-state index is -0.443. The molecule has 2 aliphatic rings. The van der Waals surface area contributed by atoms with Crippen molar-refractivity contribution in [2.45, 2.75) is 39.0 Å². The van der Waals surface area contributed by atoms with Gasteiger partial charge in [-0.05, 0) is 26.3 Å². The molecule has 4 heteroatoms. The average molecular weight is 348 g/mol. The zero-order chi connectivity index (χ0) is 18.6. The van der Waals surface area contributed by atoms with Crippen molar-refractivity contribution in [3.8, 4) is 11.5 Å². The maximum atomic E-state index is 12.3. The first kappa shape index (κ1) is 16.6. The standard InChI is InChI=1S/C22H20O4/c1-11(2)22(24)26-20-16-8-5-12(3)9-17(16)21(25-13(4)23)19-15-7-6-14(10-15)18(19)20/h5-9,14-15H,1,10H2,2-4H3. The minimum absolute atomic E-state index is 0.169. The fraction of sp³-hybridized carbons (Fsp3) is 0.273. The van der Waals surface area contributed by atoms with Crippen molar-refractivity contribution in [1.29, 1.82) is 0 Å². The molecule has 4 rings (SSSR count). The first-order valence-corrected chi connectivity index (χ1v) is 8.71. The van der Waals surface area contributed by atoms with Crippen LogP contribution in [0.15, 0.2) is 42.5 Å². The highest BCUT2D eigenvalue weighted by Gasteiger charge is 2.40. The van der Waals surface area contributed by atoms with E-state index in [0.717, 1.165) is 33.9 Å². The third-order valence-electron chi connectivity index (χ3n) is 5.06. The molecule has 4 nitrogen and oxygen atoms in total. The van der Waals surface area contributed by atoms with Gasteiger partial charge in [-0.3, -0.25) is 4.79 Å². The molecular weight excluding hydrogens is 328 g/mol. The van der Waals surface area contributed by atoms with Gasteiger partial charge in [0, 0.05) is 46.2 Å². The third kappa shape index (κ3) is 2.45. The van der Waals surface area contributed by atoms with E-state index >= 15 is 0 Å². The summed E-state index contributed by atoms with van der Waals surface area (Å²) in [6.45, 7) is 8.71. The second-order valence-electron chi connectivity index (χ2n) is 7.13. The van der Waals surface area contributed by atoms with Gasteiger partial charge in [-0.1, -0.05) is 36.4 Å². The lowest BCUT2D eigenvalue weighted by Crippen LogP contribution is -2.13. The summed E-state index contributed by atoms with van der Waals surface area (Å²) in [6.07, 6.45) is 5.20. The Morgan fingerprint density at radius 2 is 1.62 bits per heavy atom. The Morgan fingerprint density at radius 1 is 1.00 bits per heavy atom. The average Bonchev–Trinajstić information content (AvgIpc) is 3.18. The number of esters is 2. The van der Waals surface area contributed by atoms with Gasteiger partial charge in [-0.15, -0.1) is 0 Å². The molecule has 2 aromatic carbocycles. The highest BCUT2D eigenvalue weighted by atomic mass is 16.5. The van der Waals surface area contributed by atoms with E-state index in [1.54, 1.807) is 6.92 Å². The van der Waals surface area contributed by atoms with Crippen LogP contribution in [0, 0.1) is 6.92 Å². The Kier molecular flexibility index (Phi) is 3.72. The molecule has 0 N–H and O–H groups in total. The van der Waals surface area contributed by atoms with Crippen LogP contribution in [0.3, 0.4) is 0 Å². The number of benzene rings is 2. The largest absolute Gasteiger partial charge is 0.426 e. The summed E-state index contributed by atoms with van der Waals surface area (Å²) in [5.41, 5.74) is 3.32. The van der Waals surface area contributed by atoms with E-state index in [9.17, 15) is 9.59 Å². The van der Waals surface area contributed by atoms with Gasteiger partial charge < -0.3 is 9.47 Å². The molecular formula is C22H20O4. The molecule has 0 aliphatic heterocycles. The Labute approximate surface area is 152 Å². The Hall–Kier alpha value is -2.88. The molecule has 0 radical (unpaired) electrons. The van der Waals surface area contributed by atoms with Crippen LogP contribution in [-0.4, -0.2) is 11.9 Å². The van der Waals surface area contributed by atoms with Crippen LogP contribution in [0.4, 0.5) is 0 Å². The second-order valence-corrected chi connectivity index (χ2v) is 7.13. The Morgan fingerprint density at radius 3 is 2.19 bits per heavy atom. The van der Waals surface area contributed by atoms with Gasteiger partial charge in [0.1, 0.15) is 11.5 Å². The smallest absolute Gasteiger partial charge is 0.338 e. The predicted octanol–water partition coefficient (Wildman–Crippen LogP) is 4.70. The highest BCUT2D eigenvalue weighted by molar-refractivity contribution is 6.01. The topological polar surface area (TPSA) is 52.6 Å². The SMILES string of the molecule is C=C(C)C(=O)Oc1c2c(c(OC(C)=O)c3cc(C)ccc13)C1C=CC2C1. The maximum Gasteiger partial charge on any atom is 0.338 e. The van der Waals surface area contributed by atoms with Crippen LogP contribution >= 0.6 is 0 Å². The number of ether oxygens (including phenoxy) is 2. The predicted molar refractivity (Wildman–Crippen MR) is 99.7 cm³/mol. The van der Waals surface area contributed by atoms with E-state index in [-0.39, 0.29) is 17.8 Å². The molecule has 26 heavy (non-hydrogen) atoms. The Balaban J connectivity index is 2.06. The number of carbonyl (C=O) groups excluding carboxylic acids is 2. The van der Waals surface area contributed by atoms with Crippen LogP contribution in [0.2, 0.25) is 0 Å². The highest BCUT2D eigenvalue weighted by Crippen LogP contribution is 2.58. The lowest BCUT2D eigenvalue weighted by molar-refractivity contribution is -0.132. The second kappa shape index (κ2) is 5.84. The van der Waals surface area contributed by atoms with Crippen molar-refractivity contribution < 1.29 is 19.1 Å². The van der Waals surface area contributed by atoms with Crippen LogP contribution in [0.1, 0.15) is 48.8 Å². The molecule has 2 aromatic rings. The van der Waals surface area contributed by atoms with Crippen molar-refractivity contribution in [2.75, 3.05) is 0 Å². The number of fused-ring (bicyclic) bond motifs is 6.